The van der Waals surface area contributed by atoms with Crippen molar-refractivity contribution in [1.82, 2.24) is 10.2 Å². The number of methoxy groups -OCH3 is 1. The number of benzene rings is 3. The first kappa shape index (κ1) is 34.6. The zero-order valence-electron chi connectivity index (χ0n) is 24.9. The number of ether oxygens (including phenoxy) is 1. The van der Waals surface area contributed by atoms with Gasteiger partial charge in [-0.25, -0.2) is 8.42 Å². The number of carbonyl (C=O) groups is 2. The highest BCUT2D eigenvalue weighted by molar-refractivity contribution is 7.92. The topological polar surface area (TPSA) is 139 Å². The molecule has 3 rings (SSSR count). The first-order chi connectivity index (χ1) is 20.7. The van der Waals surface area contributed by atoms with Crippen LogP contribution in [0.3, 0.4) is 0 Å². The van der Waals surface area contributed by atoms with E-state index in [0.29, 0.717) is 22.8 Å². The second-order valence-electron chi connectivity index (χ2n) is 10.2. The predicted molar refractivity (Wildman–Crippen MR) is 170 cm³/mol. The highest BCUT2D eigenvalue weighted by Crippen LogP contribution is 2.30. The molecule has 0 unspecified atom stereocenters. The van der Waals surface area contributed by atoms with Crippen molar-refractivity contribution in [2.45, 2.75) is 57.6 Å². The number of halogens is 2. The second-order valence-corrected chi connectivity index (χ2v) is 12.9. The summed E-state index contributed by atoms with van der Waals surface area (Å²) in [6.07, 6.45) is 0.654. The third-order valence-electron chi connectivity index (χ3n) is 7.13. The molecule has 0 aliphatic heterocycles. The van der Waals surface area contributed by atoms with E-state index in [-0.39, 0.29) is 39.4 Å². The maximum atomic E-state index is 14.1. The summed E-state index contributed by atoms with van der Waals surface area (Å²) in [6, 6.07) is 13.0. The Balaban J connectivity index is 2.11. The minimum atomic E-state index is -4.53. The largest absolute Gasteiger partial charge is 0.497 e. The summed E-state index contributed by atoms with van der Waals surface area (Å²) >= 11 is 12.5. The van der Waals surface area contributed by atoms with Crippen LogP contribution in [0.25, 0.3) is 0 Å². The number of hydrogen-bond acceptors (Lipinski definition) is 7. The maximum absolute atomic E-state index is 14.1. The van der Waals surface area contributed by atoms with Gasteiger partial charge in [-0.15, -0.1) is 0 Å². The van der Waals surface area contributed by atoms with Crippen LogP contribution in [0.2, 0.25) is 10.0 Å². The molecule has 11 nitrogen and oxygen atoms in total. The fourth-order valence-corrected chi connectivity index (χ4v) is 6.14. The van der Waals surface area contributed by atoms with E-state index in [1.165, 1.54) is 68.3 Å². The van der Waals surface area contributed by atoms with Crippen molar-refractivity contribution >= 4 is 56.4 Å². The van der Waals surface area contributed by atoms with Crippen LogP contribution in [0.1, 0.15) is 38.3 Å². The Bertz CT molecular complexity index is 1630. The fourth-order valence-electron chi connectivity index (χ4n) is 4.23. The quantitative estimate of drug-likeness (QED) is 0.181. The van der Waals surface area contributed by atoms with Crippen molar-refractivity contribution < 1.29 is 27.7 Å². The highest BCUT2D eigenvalue weighted by Gasteiger charge is 2.34. The van der Waals surface area contributed by atoms with Crippen molar-refractivity contribution in [3.05, 3.63) is 92.0 Å². The first-order valence-corrected chi connectivity index (χ1v) is 15.8. The van der Waals surface area contributed by atoms with Crippen molar-refractivity contribution in [1.29, 1.82) is 0 Å². The van der Waals surface area contributed by atoms with Crippen LogP contribution in [0.15, 0.2) is 65.6 Å². The highest BCUT2D eigenvalue weighted by atomic mass is 35.5. The van der Waals surface area contributed by atoms with E-state index in [0.717, 1.165) is 10.4 Å². The molecule has 2 amide bonds. The minimum absolute atomic E-state index is 0.101. The molecule has 0 saturated heterocycles. The lowest BCUT2D eigenvalue weighted by molar-refractivity contribution is -0.385. The number of nitrogens with one attached hydrogen (secondary N) is 1. The SMILES string of the molecule is CC[C@H](C)NC(=O)[C@@H](C)N(Cc1ccc(Cl)cc1Cl)C(=O)CN(c1ccc(OC)cc1)S(=O)(=O)c1ccc(C)c([N+](=O)[O-])c1. The Kier molecular flexibility index (Phi) is 11.6. The Morgan fingerprint density at radius 2 is 1.70 bits per heavy atom. The van der Waals surface area contributed by atoms with Crippen LogP contribution < -0.4 is 14.4 Å². The second kappa shape index (κ2) is 14.7. The summed E-state index contributed by atoms with van der Waals surface area (Å²) < 4.78 is 34.2. The summed E-state index contributed by atoms with van der Waals surface area (Å²) in [5.41, 5.74) is 0.471. The number of nitro groups is 1. The van der Waals surface area contributed by atoms with Crippen molar-refractivity contribution in [2.75, 3.05) is 18.0 Å². The average Bonchev–Trinajstić information content (AvgIpc) is 2.98. The zero-order valence-corrected chi connectivity index (χ0v) is 27.2. The van der Waals surface area contributed by atoms with Gasteiger partial charge in [0.1, 0.15) is 18.3 Å². The van der Waals surface area contributed by atoms with Crippen LogP contribution in [0.5, 0.6) is 5.75 Å². The smallest absolute Gasteiger partial charge is 0.273 e. The lowest BCUT2D eigenvalue weighted by atomic mass is 10.1. The van der Waals surface area contributed by atoms with Gasteiger partial charge in [-0.2, -0.15) is 0 Å². The molecule has 0 radical (unpaired) electrons. The number of hydrogen-bond donors (Lipinski definition) is 1. The standard InChI is InChI=1S/C30H34Cl2N4O7S/c1-6-20(3)33-30(38)21(4)34(17-22-8-9-23(31)15-27(22)32)29(37)18-35(24-10-12-25(43-5)13-11-24)44(41,42)26-14-7-19(2)28(16-26)36(39)40/h7-16,20-21H,6,17-18H2,1-5H3,(H,33,38)/t20-,21+/m0/s1. The number of sulfonamides is 1. The van der Waals surface area contributed by atoms with Crippen molar-refractivity contribution in [2.24, 2.45) is 0 Å². The summed E-state index contributed by atoms with van der Waals surface area (Å²) in [5.74, 6) is -0.715. The van der Waals surface area contributed by atoms with Gasteiger partial charge in [-0.1, -0.05) is 42.3 Å². The molecule has 3 aromatic carbocycles. The summed E-state index contributed by atoms with van der Waals surface area (Å²) in [7, 11) is -3.09. The van der Waals surface area contributed by atoms with Gasteiger partial charge in [0.05, 0.1) is 22.6 Å². The summed E-state index contributed by atoms with van der Waals surface area (Å²) in [6.45, 7) is 5.89. The summed E-state index contributed by atoms with van der Waals surface area (Å²) in [4.78, 5) is 39.1. The normalized spacial score (nSPS) is 12.6. The molecule has 0 aromatic heterocycles. The van der Waals surface area contributed by atoms with Crippen LogP contribution in [-0.2, 0) is 26.2 Å². The van der Waals surface area contributed by atoms with Crippen LogP contribution in [0.4, 0.5) is 11.4 Å². The van der Waals surface area contributed by atoms with E-state index in [1.54, 1.807) is 12.1 Å². The third-order valence-corrected chi connectivity index (χ3v) is 9.49. The van der Waals surface area contributed by atoms with Gasteiger partial charge in [0.2, 0.25) is 11.8 Å². The van der Waals surface area contributed by atoms with Crippen LogP contribution in [0, 0.1) is 17.0 Å². The molecule has 14 heteroatoms. The van der Waals surface area contributed by atoms with Crippen molar-refractivity contribution in [3.63, 3.8) is 0 Å². The minimum Gasteiger partial charge on any atom is -0.497 e. The monoisotopic (exact) mass is 664 g/mol. The number of anilines is 1. The maximum Gasteiger partial charge on any atom is 0.273 e. The van der Waals surface area contributed by atoms with Gasteiger partial charge in [-0.3, -0.25) is 24.0 Å². The van der Waals surface area contributed by atoms with Gasteiger partial charge in [0, 0.05) is 34.3 Å². The Hall–Kier alpha value is -3.87. The Morgan fingerprint density at radius 3 is 2.27 bits per heavy atom. The van der Waals surface area contributed by atoms with E-state index < -0.39 is 39.3 Å². The molecule has 0 heterocycles. The molecule has 0 saturated carbocycles. The molecule has 0 spiro atoms. The van der Waals surface area contributed by atoms with Gasteiger partial charge >= 0.3 is 0 Å². The molecule has 0 aliphatic carbocycles. The lowest BCUT2D eigenvalue weighted by Crippen LogP contribution is -2.52. The zero-order chi connectivity index (χ0) is 32.8. The Morgan fingerprint density at radius 1 is 1.05 bits per heavy atom. The molecule has 236 valence electrons. The molecule has 44 heavy (non-hydrogen) atoms. The van der Waals surface area contributed by atoms with Crippen molar-refractivity contribution in [3.8, 4) is 5.75 Å². The molecule has 1 N–H and O–H groups in total. The number of aryl methyl sites for hydroxylation is 1. The van der Waals surface area contributed by atoms with Crippen LogP contribution in [-0.4, -0.2) is 55.8 Å². The van der Waals surface area contributed by atoms with Crippen LogP contribution >= 0.6 is 23.2 Å². The number of rotatable bonds is 13. The van der Waals surface area contributed by atoms with E-state index in [2.05, 4.69) is 5.32 Å². The number of nitrogens with zero attached hydrogens (tertiary/aromatic N) is 3. The Labute approximate surface area is 266 Å². The molecular formula is C30H34Cl2N4O7S. The predicted octanol–water partition coefficient (Wildman–Crippen LogP) is 5.75. The first-order valence-electron chi connectivity index (χ1n) is 13.6. The molecule has 0 fully saturated rings. The van der Waals surface area contributed by atoms with Gasteiger partial charge in [0.25, 0.3) is 15.7 Å². The van der Waals surface area contributed by atoms with E-state index in [1.807, 2.05) is 13.8 Å². The van der Waals surface area contributed by atoms with E-state index in [9.17, 15) is 28.1 Å². The molecular weight excluding hydrogens is 631 g/mol. The number of carbonyl (C=O) groups excluding carboxylic acids is 2. The molecule has 2 atom stereocenters. The molecule has 0 aliphatic rings. The van der Waals surface area contributed by atoms with Gasteiger partial charge < -0.3 is 15.0 Å². The average molecular weight is 666 g/mol. The lowest BCUT2D eigenvalue weighted by Gasteiger charge is -2.32. The molecule has 3 aromatic rings. The summed E-state index contributed by atoms with van der Waals surface area (Å²) in [5, 5.41) is 15.1. The third kappa shape index (κ3) is 8.19. The fraction of sp³-hybridized carbons (Fsp3) is 0.333. The molecule has 0 bridgehead atoms. The van der Waals surface area contributed by atoms with E-state index >= 15 is 0 Å². The number of nitro benzene ring substituents is 1. The number of amides is 2. The van der Waals surface area contributed by atoms with Gasteiger partial charge in [-0.05, 0) is 75.2 Å². The van der Waals surface area contributed by atoms with Gasteiger partial charge in [0.15, 0.2) is 0 Å². The van der Waals surface area contributed by atoms with E-state index in [4.69, 9.17) is 27.9 Å².